The monoisotopic (exact) mass is 220 g/mol. The second-order valence-electron chi connectivity index (χ2n) is 4.27. The Bertz CT molecular complexity index is 415. The van der Waals surface area contributed by atoms with Crippen molar-refractivity contribution < 1.29 is 9.53 Å². The minimum Gasteiger partial charge on any atom is -0.497 e. The maximum Gasteiger partial charge on any atom is 0.319 e. The highest BCUT2D eigenvalue weighted by atomic mass is 16.5. The third kappa shape index (κ3) is 1.83. The predicted octanol–water partition coefficient (Wildman–Crippen LogP) is 2.53. The number of hydrogen-bond donors (Lipinski definition) is 2. The Morgan fingerprint density at radius 1 is 1.38 bits per heavy atom. The molecule has 1 aromatic rings. The van der Waals surface area contributed by atoms with Crippen LogP contribution in [0.1, 0.15) is 25.5 Å². The van der Waals surface area contributed by atoms with Crippen LogP contribution in [0, 0.1) is 5.92 Å². The van der Waals surface area contributed by atoms with Gasteiger partial charge in [-0.25, -0.2) is 4.79 Å². The summed E-state index contributed by atoms with van der Waals surface area (Å²) in [5.74, 6) is 1.15. The molecule has 1 heterocycles. The highest BCUT2D eigenvalue weighted by molar-refractivity contribution is 5.93. The van der Waals surface area contributed by atoms with Crippen molar-refractivity contribution in [2.45, 2.75) is 19.9 Å². The number of carbonyl (C=O) groups excluding carboxylic acids is 1. The number of urea groups is 1. The number of benzene rings is 1. The summed E-state index contributed by atoms with van der Waals surface area (Å²) < 4.78 is 5.19. The SMILES string of the molecule is COc1ccc2c(c1)C(C(C)C)NC(=O)N2. The Hall–Kier alpha value is -1.71. The first-order valence-electron chi connectivity index (χ1n) is 5.37. The molecule has 1 unspecified atom stereocenters. The van der Waals surface area contributed by atoms with Crippen LogP contribution in [0.15, 0.2) is 18.2 Å². The lowest BCUT2D eigenvalue weighted by Crippen LogP contribution is -2.39. The number of rotatable bonds is 2. The van der Waals surface area contributed by atoms with Gasteiger partial charge in [0.2, 0.25) is 0 Å². The normalized spacial score (nSPS) is 18.8. The molecule has 0 aliphatic carbocycles. The zero-order chi connectivity index (χ0) is 11.7. The average Bonchev–Trinajstić information content (AvgIpc) is 2.27. The van der Waals surface area contributed by atoms with E-state index < -0.39 is 0 Å². The fraction of sp³-hybridized carbons (Fsp3) is 0.417. The Labute approximate surface area is 95.0 Å². The van der Waals surface area contributed by atoms with E-state index in [1.165, 1.54) is 0 Å². The average molecular weight is 220 g/mol. The molecule has 0 radical (unpaired) electrons. The van der Waals surface area contributed by atoms with Gasteiger partial charge in [0, 0.05) is 11.3 Å². The van der Waals surface area contributed by atoms with Gasteiger partial charge >= 0.3 is 6.03 Å². The summed E-state index contributed by atoms with van der Waals surface area (Å²) in [6.45, 7) is 4.17. The van der Waals surface area contributed by atoms with Crippen LogP contribution in [0.4, 0.5) is 10.5 Å². The van der Waals surface area contributed by atoms with E-state index in [0.717, 1.165) is 17.0 Å². The first kappa shape index (κ1) is 10.8. The zero-order valence-corrected chi connectivity index (χ0v) is 9.70. The third-order valence-corrected chi connectivity index (χ3v) is 2.80. The quantitative estimate of drug-likeness (QED) is 0.804. The highest BCUT2D eigenvalue weighted by Gasteiger charge is 2.26. The van der Waals surface area contributed by atoms with Crippen molar-refractivity contribution in [2.75, 3.05) is 12.4 Å². The molecule has 0 aromatic heterocycles. The van der Waals surface area contributed by atoms with E-state index in [0.29, 0.717) is 5.92 Å². The van der Waals surface area contributed by atoms with Crippen molar-refractivity contribution in [2.24, 2.45) is 5.92 Å². The Morgan fingerprint density at radius 2 is 2.12 bits per heavy atom. The number of ether oxygens (including phenoxy) is 1. The van der Waals surface area contributed by atoms with E-state index in [9.17, 15) is 4.79 Å². The Balaban J connectivity index is 2.45. The van der Waals surface area contributed by atoms with Crippen molar-refractivity contribution in [1.29, 1.82) is 0 Å². The molecule has 2 rings (SSSR count). The minimum atomic E-state index is -0.142. The van der Waals surface area contributed by atoms with E-state index in [2.05, 4.69) is 24.5 Å². The molecule has 0 saturated carbocycles. The lowest BCUT2D eigenvalue weighted by molar-refractivity contribution is 0.243. The molecule has 1 aliphatic heterocycles. The summed E-state index contributed by atoms with van der Waals surface area (Å²) in [6.07, 6.45) is 0. The van der Waals surface area contributed by atoms with Gasteiger partial charge in [-0.15, -0.1) is 0 Å². The standard InChI is InChI=1S/C12H16N2O2/c1-7(2)11-9-6-8(16-3)4-5-10(9)13-12(15)14-11/h4-7,11H,1-3H3,(H2,13,14,15). The van der Waals surface area contributed by atoms with E-state index in [-0.39, 0.29) is 12.1 Å². The summed E-state index contributed by atoms with van der Waals surface area (Å²) in [5.41, 5.74) is 1.94. The number of carbonyl (C=O) groups is 1. The van der Waals surface area contributed by atoms with Crippen molar-refractivity contribution in [3.63, 3.8) is 0 Å². The van der Waals surface area contributed by atoms with Crippen LogP contribution < -0.4 is 15.4 Å². The Morgan fingerprint density at radius 3 is 2.75 bits per heavy atom. The third-order valence-electron chi connectivity index (χ3n) is 2.80. The van der Waals surface area contributed by atoms with Crippen LogP contribution in [-0.4, -0.2) is 13.1 Å². The smallest absolute Gasteiger partial charge is 0.319 e. The summed E-state index contributed by atoms with van der Waals surface area (Å²) in [4.78, 5) is 11.4. The van der Waals surface area contributed by atoms with Gasteiger partial charge in [0.1, 0.15) is 5.75 Å². The number of hydrogen-bond acceptors (Lipinski definition) is 2. The molecule has 4 heteroatoms. The molecule has 1 aliphatic rings. The van der Waals surface area contributed by atoms with Gasteiger partial charge in [0.25, 0.3) is 0 Å². The first-order chi connectivity index (χ1) is 7.61. The summed E-state index contributed by atoms with van der Waals surface area (Å²) in [6, 6.07) is 5.59. The van der Waals surface area contributed by atoms with Gasteiger partial charge in [-0.2, -0.15) is 0 Å². The second-order valence-corrected chi connectivity index (χ2v) is 4.27. The van der Waals surface area contributed by atoms with Gasteiger partial charge < -0.3 is 15.4 Å². The maximum atomic E-state index is 11.4. The van der Waals surface area contributed by atoms with E-state index in [4.69, 9.17) is 4.74 Å². The van der Waals surface area contributed by atoms with Crippen molar-refractivity contribution >= 4 is 11.7 Å². The molecule has 0 bridgehead atoms. The fourth-order valence-corrected chi connectivity index (χ4v) is 1.94. The molecule has 0 fully saturated rings. The molecule has 0 spiro atoms. The molecule has 1 atom stereocenters. The first-order valence-corrected chi connectivity index (χ1v) is 5.37. The van der Waals surface area contributed by atoms with Gasteiger partial charge in [-0.05, 0) is 24.1 Å². The molecule has 2 amide bonds. The van der Waals surface area contributed by atoms with Crippen LogP contribution >= 0.6 is 0 Å². The zero-order valence-electron chi connectivity index (χ0n) is 9.70. The molecule has 2 N–H and O–H groups in total. The van der Waals surface area contributed by atoms with Crippen LogP contribution in [-0.2, 0) is 0 Å². The minimum absolute atomic E-state index is 0.0406. The number of fused-ring (bicyclic) bond motifs is 1. The Kier molecular flexibility index (Phi) is 2.73. The highest BCUT2D eigenvalue weighted by Crippen LogP contribution is 2.34. The van der Waals surface area contributed by atoms with Crippen molar-refractivity contribution in [1.82, 2.24) is 5.32 Å². The summed E-state index contributed by atoms with van der Waals surface area (Å²) in [7, 11) is 1.64. The number of amides is 2. The lowest BCUT2D eigenvalue weighted by Gasteiger charge is -2.30. The topological polar surface area (TPSA) is 50.4 Å². The van der Waals surface area contributed by atoms with E-state index >= 15 is 0 Å². The van der Waals surface area contributed by atoms with E-state index in [1.807, 2.05) is 18.2 Å². The molecule has 1 aromatic carbocycles. The molecule has 16 heavy (non-hydrogen) atoms. The fourth-order valence-electron chi connectivity index (χ4n) is 1.94. The maximum absolute atomic E-state index is 11.4. The van der Waals surface area contributed by atoms with Crippen molar-refractivity contribution in [3.8, 4) is 5.75 Å². The molecule has 86 valence electrons. The molecule has 0 saturated heterocycles. The number of anilines is 1. The van der Waals surface area contributed by atoms with Gasteiger partial charge in [-0.3, -0.25) is 0 Å². The molecule has 4 nitrogen and oxygen atoms in total. The van der Waals surface area contributed by atoms with Gasteiger partial charge in [0.15, 0.2) is 0 Å². The van der Waals surface area contributed by atoms with Crippen LogP contribution in [0.3, 0.4) is 0 Å². The number of methoxy groups -OCH3 is 1. The van der Waals surface area contributed by atoms with Crippen LogP contribution in [0.5, 0.6) is 5.75 Å². The summed E-state index contributed by atoms with van der Waals surface area (Å²) >= 11 is 0. The van der Waals surface area contributed by atoms with Gasteiger partial charge in [0.05, 0.1) is 13.2 Å². The predicted molar refractivity (Wildman–Crippen MR) is 62.7 cm³/mol. The second kappa shape index (κ2) is 4.04. The van der Waals surface area contributed by atoms with Crippen molar-refractivity contribution in [3.05, 3.63) is 23.8 Å². The molecular weight excluding hydrogens is 204 g/mol. The lowest BCUT2D eigenvalue weighted by atomic mass is 9.93. The van der Waals surface area contributed by atoms with Gasteiger partial charge in [-0.1, -0.05) is 13.8 Å². The molecular formula is C12H16N2O2. The number of nitrogens with one attached hydrogen (secondary N) is 2. The largest absolute Gasteiger partial charge is 0.497 e. The van der Waals surface area contributed by atoms with Crippen LogP contribution in [0.2, 0.25) is 0 Å². The van der Waals surface area contributed by atoms with Crippen LogP contribution in [0.25, 0.3) is 0 Å². The summed E-state index contributed by atoms with van der Waals surface area (Å²) in [5, 5.41) is 5.71. The van der Waals surface area contributed by atoms with E-state index in [1.54, 1.807) is 7.11 Å².